The molecule has 1 aromatic heterocycles. The minimum Gasteiger partial charge on any atom is -0.481 e. The summed E-state index contributed by atoms with van der Waals surface area (Å²) >= 11 is 1.30. The van der Waals surface area contributed by atoms with E-state index in [9.17, 15) is 14.7 Å². The van der Waals surface area contributed by atoms with Crippen LogP contribution >= 0.6 is 11.3 Å². The van der Waals surface area contributed by atoms with E-state index in [0.29, 0.717) is 23.8 Å². The molecule has 0 aromatic carbocycles. The van der Waals surface area contributed by atoms with Gasteiger partial charge in [-0.25, -0.2) is 4.98 Å². The maximum absolute atomic E-state index is 12.2. The van der Waals surface area contributed by atoms with E-state index < -0.39 is 11.4 Å². The van der Waals surface area contributed by atoms with Crippen LogP contribution in [0.5, 0.6) is 0 Å². The molecule has 1 atom stereocenters. The molecule has 0 bridgehead atoms. The molecule has 110 valence electrons. The zero-order valence-electron chi connectivity index (χ0n) is 11.6. The summed E-state index contributed by atoms with van der Waals surface area (Å²) in [4.78, 5) is 29.4. The van der Waals surface area contributed by atoms with Crippen LogP contribution in [-0.2, 0) is 16.0 Å². The second-order valence-electron chi connectivity index (χ2n) is 5.54. The van der Waals surface area contributed by atoms with Gasteiger partial charge in [0.25, 0.3) is 0 Å². The summed E-state index contributed by atoms with van der Waals surface area (Å²) in [6, 6.07) is 0. The third-order valence-corrected chi connectivity index (χ3v) is 4.81. The van der Waals surface area contributed by atoms with Crippen molar-refractivity contribution in [3.8, 4) is 0 Å². The summed E-state index contributed by atoms with van der Waals surface area (Å²) in [5.41, 5.74) is 5.36. The van der Waals surface area contributed by atoms with E-state index in [4.69, 9.17) is 5.73 Å². The van der Waals surface area contributed by atoms with E-state index in [0.717, 1.165) is 0 Å². The lowest BCUT2D eigenvalue weighted by Gasteiger charge is -2.28. The average Bonchev–Trinajstić information content (AvgIpc) is 2.96. The van der Waals surface area contributed by atoms with E-state index >= 15 is 0 Å². The molecule has 0 aliphatic carbocycles. The number of thiazole rings is 1. The van der Waals surface area contributed by atoms with Crippen molar-refractivity contribution < 1.29 is 14.7 Å². The van der Waals surface area contributed by atoms with Crippen LogP contribution in [0.25, 0.3) is 0 Å². The summed E-state index contributed by atoms with van der Waals surface area (Å²) in [7, 11) is 0. The Morgan fingerprint density at radius 1 is 1.60 bits per heavy atom. The minimum atomic E-state index is -0.823. The highest BCUT2D eigenvalue weighted by Crippen LogP contribution is 2.38. The topological polar surface area (TPSA) is 96.5 Å². The summed E-state index contributed by atoms with van der Waals surface area (Å²) in [6.45, 7) is 4.55. The maximum Gasteiger partial charge on any atom is 0.311 e. The number of carbonyl (C=O) groups excluding carboxylic acids is 1. The minimum absolute atomic E-state index is 0.00674. The molecule has 2 rings (SSSR count). The van der Waals surface area contributed by atoms with Gasteiger partial charge in [-0.2, -0.15) is 0 Å². The number of nitrogen functional groups attached to an aromatic ring is 1. The summed E-state index contributed by atoms with van der Waals surface area (Å²) < 4.78 is 0. The molecule has 3 N–H and O–H groups in total. The van der Waals surface area contributed by atoms with Crippen molar-refractivity contribution in [3.63, 3.8) is 0 Å². The normalized spacial score (nSPS) is 22.4. The number of likely N-dealkylation sites (tertiary alicyclic amines) is 1. The van der Waals surface area contributed by atoms with Gasteiger partial charge in [-0.05, 0) is 12.3 Å². The molecule has 0 spiro atoms. The highest BCUT2D eigenvalue weighted by Gasteiger charge is 2.48. The molecule has 1 saturated heterocycles. The van der Waals surface area contributed by atoms with Crippen LogP contribution in [0.15, 0.2) is 5.38 Å². The Hall–Kier alpha value is -1.63. The standard InChI is InChI=1S/C13H19N3O3S/c1-8(2)13(11(18)19)3-4-16(7-13)10(17)5-9-6-20-12(14)15-9/h6,8H,3-5,7H2,1-2H3,(H2,14,15)(H,18,19). The molecular formula is C13H19N3O3S. The second kappa shape index (κ2) is 5.40. The van der Waals surface area contributed by atoms with Gasteiger partial charge in [0.1, 0.15) is 0 Å². The van der Waals surface area contributed by atoms with Crippen molar-refractivity contribution in [2.24, 2.45) is 11.3 Å². The predicted molar refractivity (Wildman–Crippen MR) is 76.3 cm³/mol. The molecule has 1 aliphatic rings. The molecule has 1 unspecified atom stereocenters. The highest BCUT2D eigenvalue weighted by molar-refractivity contribution is 7.13. The first kappa shape index (κ1) is 14.8. The SMILES string of the molecule is CC(C)C1(C(=O)O)CCN(C(=O)Cc2csc(N)n2)C1. The molecule has 1 amide bonds. The van der Waals surface area contributed by atoms with Crippen molar-refractivity contribution in [2.75, 3.05) is 18.8 Å². The van der Waals surface area contributed by atoms with E-state index in [1.54, 1.807) is 10.3 Å². The van der Waals surface area contributed by atoms with Crippen LogP contribution in [0.1, 0.15) is 26.0 Å². The smallest absolute Gasteiger partial charge is 0.311 e. The molecule has 2 heterocycles. The molecule has 6 nitrogen and oxygen atoms in total. The Morgan fingerprint density at radius 3 is 2.75 bits per heavy atom. The summed E-state index contributed by atoms with van der Waals surface area (Å²) in [5.74, 6) is -0.910. The number of carboxylic acid groups (broad SMARTS) is 1. The van der Waals surface area contributed by atoms with Crippen LogP contribution in [0.3, 0.4) is 0 Å². The molecule has 0 saturated carbocycles. The molecule has 1 fully saturated rings. The molecular weight excluding hydrogens is 278 g/mol. The van der Waals surface area contributed by atoms with Gasteiger partial charge < -0.3 is 15.7 Å². The van der Waals surface area contributed by atoms with Gasteiger partial charge in [0, 0.05) is 18.5 Å². The number of hydrogen-bond acceptors (Lipinski definition) is 5. The number of anilines is 1. The fourth-order valence-corrected chi connectivity index (χ4v) is 3.17. The first-order valence-electron chi connectivity index (χ1n) is 6.56. The van der Waals surface area contributed by atoms with Crippen LogP contribution in [0.2, 0.25) is 0 Å². The van der Waals surface area contributed by atoms with E-state index in [-0.39, 0.29) is 24.8 Å². The van der Waals surface area contributed by atoms with Crippen molar-refractivity contribution in [3.05, 3.63) is 11.1 Å². The van der Waals surface area contributed by atoms with Gasteiger partial charge in [-0.1, -0.05) is 13.8 Å². The number of nitrogens with zero attached hydrogens (tertiary/aromatic N) is 2. The second-order valence-corrected chi connectivity index (χ2v) is 6.42. The number of rotatable bonds is 4. The van der Waals surface area contributed by atoms with Gasteiger partial charge in [-0.3, -0.25) is 9.59 Å². The Morgan fingerprint density at radius 2 is 2.30 bits per heavy atom. The molecule has 7 heteroatoms. The largest absolute Gasteiger partial charge is 0.481 e. The maximum atomic E-state index is 12.2. The Balaban J connectivity index is 2.05. The number of nitrogens with two attached hydrogens (primary N) is 1. The number of aromatic nitrogens is 1. The number of aliphatic carboxylic acids is 1. The molecule has 20 heavy (non-hydrogen) atoms. The fraction of sp³-hybridized carbons (Fsp3) is 0.615. The highest BCUT2D eigenvalue weighted by atomic mass is 32.1. The number of carbonyl (C=O) groups is 2. The van der Waals surface area contributed by atoms with Gasteiger partial charge in [0.15, 0.2) is 5.13 Å². The summed E-state index contributed by atoms with van der Waals surface area (Å²) in [5, 5.41) is 11.7. The van der Waals surface area contributed by atoms with Crippen LogP contribution in [-0.4, -0.2) is 40.0 Å². The Bertz CT molecular complexity index is 529. The molecule has 0 radical (unpaired) electrons. The van der Waals surface area contributed by atoms with Crippen molar-refractivity contribution in [1.82, 2.24) is 9.88 Å². The van der Waals surface area contributed by atoms with E-state index in [2.05, 4.69) is 4.98 Å². The lowest BCUT2D eigenvalue weighted by molar-refractivity contribution is -0.151. The molecule has 1 aromatic rings. The van der Waals surface area contributed by atoms with Crippen LogP contribution < -0.4 is 5.73 Å². The van der Waals surface area contributed by atoms with Gasteiger partial charge in [-0.15, -0.1) is 11.3 Å². The van der Waals surface area contributed by atoms with Gasteiger partial charge in [0.2, 0.25) is 5.91 Å². The molecule has 1 aliphatic heterocycles. The predicted octanol–water partition coefficient (Wildman–Crippen LogP) is 1.23. The van der Waals surface area contributed by atoms with E-state index in [1.165, 1.54) is 11.3 Å². The fourth-order valence-electron chi connectivity index (χ4n) is 2.61. The van der Waals surface area contributed by atoms with Crippen LogP contribution in [0.4, 0.5) is 5.13 Å². The lowest BCUT2D eigenvalue weighted by Crippen LogP contribution is -2.41. The van der Waals surface area contributed by atoms with Crippen molar-refractivity contribution in [1.29, 1.82) is 0 Å². The third kappa shape index (κ3) is 2.63. The first-order chi connectivity index (χ1) is 9.35. The van der Waals surface area contributed by atoms with Crippen molar-refractivity contribution >= 4 is 28.3 Å². The van der Waals surface area contributed by atoms with Gasteiger partial charge in [0.05, 0.1) is 17.5 Å². The first-order valence-corrected chi connectivity index (χ1v) is 7.44. The summed E-state index contributed by atoms with van der Waals surface area (Å²) in [6.07, 6.45) is 0.687. The lowest BCUT2D eigenvalue weighted by atomic mass is 9.76. The van der Waals surface area contributed by atoms with Gasteiger partial charge >= 0.3 is 5.97 Å². The van der Waals surface area contributed by atoms with Crippen molar-refractivity contribution in [2.45, 2.75) is 26.7 Å². The number of hydrogen-bond donors (Lipinski definition) is 2. The zero-order chi connectivity index (χ0) is 14.9. The number of carboxylic acids is 1. The monoisotopic (exact) mass is 297 g/mol. The number of amides is 1. The Kier molecular flexibility index (Phi) is 3.99. The zero-order valence-corrected chi connectivity index (χ0v) is 12.4. The quantitative estimate of drug-likeness (QED) is 0.871. The van der Waals surface area contributed by atoms with E-state index in [1.807, 2.05) is 13.8 Å². The Labute approximate surface area is 121 Å². The third-order valence-electron chi connectivity index (χ3n) is 4.09. The van der Waals surface area contributed by atoms with Crippen LogP contribution in [0, 0.1) is 11.3 Å². The average molecular weight is 297 g/mol.